The number of benzene rings is 3. The summed E-state index contributed by atoms with van der Waals surface area (Å²) in [5.74, 6) is 1.36. The maximum absolute atomic E-state index is 13.4. The molecule has 1 N–H and O–H groups in total. The Balaban J connectivity index is 1.69. The van der Waals surface area contributed by atoms with Gasteiger partial charge in [0.15, 0.2) is 0 Å². The normalized spacial score (nSPS) is 10.9. The summed E-state index contributed by atoms with van der Waals surface area (Å²) in [6.45, 7) is -0.0332. The van der Waals surface area contributed by atoms with Gasteiger partial charge in [0.2, 0.25) is 5.91 Å². The number of carbonyl (C=O) groups is 1. The van der Waals surface area contributed by atoms with Crippen LogP contribution >= 0.6 is 11.6 Å². The van der Waals surface area contributed by atoms with Crippen molar-refractivity contribution in [3.63, 3.8) is 0 Å². The standard InChI is InChI=1S/C24H25ClN2O6S/c1-31-20-6-8-22(9-7-20)33-15-14-26-24(28)17-27(19-5-3-4-18(25)16-19)34(29,30)23-12-10-21(32-2)11-13-23/h3-13,16H,14-15,17H2,1-2H3,(H,26,28). The minimum absolute atomic E-state index is 0.0175. The number of ether oxygens (including phenoxy) is 3. The second kappa shape index (κ2) is 11.6. The minimum Gasteiger partial charge on any atom is -0.497 e. The molecule has 8 nitrogen and oxygen atoms in total. The summed E-state index contributed by atoms with van der Waals surface area (Å²) in [7, 11) is -0.989. The van der Waals surface area contributed by atoms with E-state index >= 15 is 0 Å². The van der Waals surface area contributed by atoms with Crippen LogP contribution in [0.25, 0.3) is 0 Å². The van der Waals surface area contributed by atoms with Gasteiger partial charge in [-0.1, -0.05) is 17.7 Å². The maximum Gasteiger partial charge on any atom is 0.264 e. The summed E-state index contributed by atoms with van der Waals surface area (Å²) < 4.78 is 43.5. The zero-order chi connectivity index (χ0) is 24.6. The van der Waals surface area contributed by atoms with Crippen LogP contribution in [0.4, 0.5) is 5.69 Å². The Morgan fingerprint density at radius 3 is 2.09 bits per heavy atom. The third-order valence-corrected chi connectivity index (χ3v) is 6.81. The van der Waals surface area contributed by atoms with Crippen molar-refractivity contribution in [3.05, 3.63) is 77.8 Å². The first kappa shape index (κ1) is 25.2. The van der Waals surface area contributed by atoms with E-state index in [1.807, 2.05) is 0 Å². The number of carbonyl (C=O) groups excluding carboxylic acids is 1. The molecule has 0 aliphatic rings. The maximum atomic E-state index is 13.4. The Kier molecular flexibility index (Phi) is 8.61. The molecule has 180 valence electrons. The van der Waals surface area contributed by atoms with Crippen molar-refractivity contribution in [2.24, 2.45) is 0 Å². The topological polar surface area (TPSA) is 94.2 Å². The first-order valence-electron chi connectivity index (χ1n) is 10.3. The molecule has 0 heterocycles. The molecule has 34 heavy (non-hydrogen) atoms. The molecule has 3 aromatic carbocycles. The van der Waals surface area contributed by atoms with E-state index in [4.69, 9.17) is 25.8 Å². The number of hydrogen-bond acceptors (Lipinski definition) is 6. The van der Waals surface area contributed by atoms with Crippen LogP contribution in [0.3, 0.4) is 0 Å². The Bertz CT molecular complexity index is 1200. The van der Waals surface area contributed by atoms with Gasteiger partial charge in [-0.2, -0.15) is 0 Å². The number of hydrogen-bond donors (Lipinski definition) is 1. The lowest BCUT2D eigenvalue weighted by atomic mass is 10.3. The van der Waals surface area contributed by atoms with Gasteiger partial charge < -0.3 is 19.5 Å². The van der Waals surface area contributed by atoms with Gasteiger partial charge in [-0.3, -0.25) is 9.10 Å². The first-order chi connectivity index (χ1) is 16.3. The number of anilines is 1. The molecule has 0 bridgehead atoms. The largest absolute Gasteiger partial charge is 0.497 e. The molecular formula is C24H25ClN2O6S. The molecule has 3 aromatic rings. The van der Waals surface area contributed by atoms with Gasteiger partial charge in [-0.05, 0) is 66.7 Å². The van der Waals surface area contributed by atoms with E-state index in [1.54, 1.807) is 61.7 Å². The molecule has 0 aromatic heterocycles. The van der Waals surface area contributed by atoms with Gasteiger partial charge in [0.1, 0.15) is 30.4 Å². The van der Waals surface area contributed by atoms with Crippen molar-refractivity contribution >= 4 is 33.2 Å². The van der Waals surface area contributed by atoms with Crippen LogP contribution in [0.5, 0.6) is 17.2 Å². The van der Waals surface area contributed by atoms with E-state index < -0.39 is 22.5 Å². The third-order valence-electron chi connectivity index (χ3n) is 4.78. The van der Waals surface area contributed by atoms with E-state index in [1.165, 1.54) is 25.3 Å². The van der Waals surface area contributed by atoms with Crippen LogP contribution in [0.1, 0.15) is 0 Å². The number of nitrogens with zero attached hydrogens (tertiary/aromatic N) is 1. The van der Waals surface area contributed by atoms with Crippen LogP contribution < -0.4 is 23.8 Å². The number of amides is 1. The van der Waals surface area contributed by atoms with Crippen molar-refractivity contribution in [3.8, 4) is 17.2 Å². The lowest BCUT2D eigenvalue weighted by molar-refractivity contribution is -0.119. The Hall–Kier alpha value is -3.43. The second-order valence-electron chi connectivity index (χ2n) is 7.04. The summed E-state index contributed by atoms with van der Waals surface area (Å²) in [6, 6.07) is 19.3. The fraction of sp³-hybridized carbons (Fsp3) is 0.208. The lowest BCUT2D eigenvalue weighted by Gasteiger charge is -2.24. The third kappa shape index (κ3) is 6.55. The van der Waals surface area contributed by atoms with Crippen LogP contribution in [-0.2, 0) is 14.8 Å². The molecule has 0 saturated carbocycles. The van der Waals surface area contributed by atoms with Crippen molar-refractivity contribution in [1.29, 1.82) is 0 Å². The summed E-state index contributed by atoms with van der Waals surface area (Å²) in [6.07, 6.45) is 0. The first-order valence-corrected chi connectivity index (χ1v) is 12.1. The number of sulfonamides is 1. The summed E-state index contributed by atoms with van der Waals surface area (Å²) in [4.78, 5) is 12.7. The van der Waals surface area contributed by atoms with Crippen LogP contribution in [0.15, 0.2) is 77.7 Å². The van der Waals surface area contributed by atoms with E-state index in [0.717, 1.165) is 4.31 Å². The predicted octanol–water partition coefficient (Wildman–Crippen LogP) is 3.75. The average Bonchev–Trinajstić information content (AvgIpc) is 2.85. The molecule has 0 aliphatic carbocycles. The molecular weight excluding hydrogens is 480 g/mol. The molecule has 0 atom stereocenters. The van der Waals surface area contributed by atoms with Crippen molar-refractivity contribution in [2.45, 2.75) is 4.90 Å². The Morgan fingerprint density at radius 1 is 0.912 bits per heavy atom. The van der Waals surface area contributed by atoms with Gasteiger partial charge in [-0.25, -0.2) is 8.42 Å². The predicted molar refractivity (Wildman–Crippen MR) is 130 cm³/mol. The van der Waals surface area contributed by atoms with E-state index in [9.17, 15) is 13.2 Å². The second-order valence-corrected chi connectivity index (χ2v) is 9.34. The van der Waals surface area contributed by atoms with Gasteiger partial charge in [0.25, 0.3) is 10.0 Å². The fourth-order valence-corrected chi connectivity index (χ4v) is 4.64. The highest BCUT2D eigenvalue weighted by Crippen LogP contribution is 2.27. The number of halogens is 1. The quantitative estimate of drug-likeness (QED) is 0.400. The van der Waals surface area contributed by atoms with Crippen LogP contribution in [0, 0.1) is 0 Å². The molecule has 1 amide bonds. The number of methoxy groups -OCH3 is 2. The SMILES string of the molecule is COc1ccc(OCCNC(=O)CN(c2cccc(Cl)c2)S(=O)(=O)c2ccc(OC)cc2)cc1. The molecule has 0 fully saturated rings. The monoisotopic (exact) mass is 504 g/mol. The summed E-state index contributed by atoms with van der Waals surface area (Å²) in [5.41, 5.74) is 0.271. The Labute approximate surface area is 204 Å². The highest BCUT2D eigenvalue weighted by atomic mass is 35.5. The molecule has 0 spiro atoms. The van der Waals surface area contributed by atoms with E-state index in [-0.39, 0.29) is 23.7 Å². The van der Waals surface area contributed by atoms with Gasteiger partial charge in [0, 0.05) is 5.02 Å². The number of nitrogens with one attached hydrogen (secondary N) is 1. The fourth-order valence-electron chi connectivity index (χ4n) is 3.04. The number of rotatable bonds is 11. The summed E-state index contributed by atoms with van der Waals surface area (Å²) >= 11 is 6.08. The average molecular weight is 505 g/mol. The van der Waals surface area contributed by atoms with Crippen molar-refractivity contribution in [2.75, 3.05) is 38.2 Å². The molecule has 0 aliphatic heterocycles. The van der Waals surface area contributed by atoms with Gasteiger partial charge in [-0.15, -0.1) is 0 Å². The zero-order valence-corrected chi connectivity index (χ0v) is 20.3. The van der Waals surface area contributed by atoms with Crippen LogP contribution in [0.2, 0.25) is 5.02 Å². The van der Waals surface area contributed by atoms with E-state index in [2.05, 4.69) is 5.32 Å². The Morgan fingerprint density at radius 2 is 1.50 bits per heavy atom. The van der Waals surface area contributed by atoms with Crippen LogP contribution in [-0.4, -0.2) is 48.2 Å². The highest BCUT2D eigenvalue weighted by Gasteiger charge is 2.27. The van der Waals surface area contributed by atoms with Gasteiger partial charge >= 0.3 is 0 Å². The molecule has 10 heteroatoms. The van der Waals surface area contributed by atoms with Gasteiger partial charge in [0.05, 0.1) is 31.3 Å². The smallest absolute Gasteiger partial charge is 0.264 e. The van der Waals surface area contributed by atoms with Crippen molar-refractivity contribution in [1.82, 2.24) is 5.32 Å². The van der Waals surface area contributed by atoms with E-state index in [0.29, 0.717) is 22.3 Å². The summed E-state index contributed by atoms with van der Waals surface area (Å²) in [5, 5.41) is 3.03. The molecule has 0 unspecified atom stereocenters. The zero-order valence-electron chi connectivity index (χ0n) is 18.7. The molecule has 0 saturated heterocycles. The molecule has 0 radical (unpaired) electrons. The highest BCUT2D eigenvalue weighted by molar-refractivity contribution is 7.92. The molecule has 3 rings (SSSR count). The minimum atomic E-state index is -4.06. The lowest BCUT2D eigenvalue weighted by Crippen LogP contribution is -2.41. The van der Waals surface area contributed by atoms with Crippen molar-refractivity contribution < 1.29 is 27.4 Å².